The molecule has 7 heteroatoms. The first-order valence-corrected chi connectivity index (χ1v) is 8.64. The SMILES string of the molecule is O=C(NCc1ccccc1-n1cccn1)c1cn[nH]c1-c1cccs1. The lowest BCUT2D eigenvalue weighted by atomic mass is 10.1. The molecule has 0 bridgehead atoms. The Kier molecular flexibility index (Phi) is 4.14. The highest BCUT2D eigenvalue weighted by Gasteiger charge is 2.16. The van der Waals surface area contributed by atoms with E-state index in [9.17, 15) is 4.79 Å². The van der Waals surface area contributed by atoms with Gasteiger partial charge in [0.1, 0.15) is 0 Å². The van der Waals surface area contributed by atoms with Crippen LogP contribution in [-0.2, 0) is 6.54 Å². The van der Waals surface area contributed by atoms with Crippen LogP contribution >= 0.6 is 11.3 Å². The van der Waals surface area contributed by atoms with Crippen LogP contribution in [0.3, 0.4) is 0 Å². The molecule has 0 atom stereocenters. The zero-order valence-electron chi connectivity index (χ0n) is 13.2. The lowest BCUT2D eigenvalue weighted by molar-refractivity contribution is 0.0951. The van der Waals surface area contributed by atoms with E-state index in [1.54, 1.807) is 28.4 Å². The fraction of sp³-hybridized carbons (Fsp3) is 0.0556. The number of amides is 1. The summed E-state index contributed by atoms with van der Waals surface area (Å²) >= 11 is 1.56. The van der Waals surface area contributed by atoms with Crippen LogP contribution in [0.15, 0.2) is 66.4 Å². The number of H-pyrrole nitrogens is 1. The van der Waals surface area contributed by atoms with Crippen LogP contribution in [0.5, 0.6) is 0 Å². The van der Waals surface area contributed by atoms with Gasteiger partial charge in [0, 0.05) is 18.9 Å². The van der Waals surface area contributed by atoms with Gasteiger partial charge in [0.25, 0.3) is 5.91 Å². The Morgan fingerprint density at radius 3 is 2.92 bits per heavy atom. The van der Waals surface area contributed by atoms with E-state index < -0.39 is 0 Å². The summed E-state index contributed by atoms with van der Waals surface area (Å²) < 4.78 is 1.79. The summed E-state index contributed by atoms with van der Waals surface area (Å²) in [6.45, 7) is 0.407. The van der Waals surface area contributed by atoms with Crippen molar-refractivity contribution in [3.63, 3.8) is 0 Å². The Hall–Kier alpha value is -3.19. The zero-order chi connectivity index (χ0) is 17.1. The fourth-order valence-electron chi connectivity index (χ4n) is 2.63. The predicted octanol–water partition coefficient (Wildman–Crippen LogP) is 3.25. The van der Waals surface area contributed by atoms with Crippen molar-refractivity contribution in [1.82, 2.24) is 25.3 Å². The van der Waals surface area contributed by atoms with E-state index in [0.717, 1.165) is 21.8 Å². The Morgan fingerprint density at radius 2 is 2.12 bits per heavy atom. The molecule has 2 N–H and O–H groups in total. The topological polar surface area (TPSA) is 75.6 Å². The summed E-state index contributed by atoms with van der Waals surface area (Å²) in [4.78, 5) is 13.6. The standard InChI is InChI=1S/C18H15N5OS/c24-18(14-12-20-22-17(14)16-7-3-10-25-16)19-11-13-5-1-2-6-15(13)23-9-4-8-21-23/h1-10,12H,11H2,(H,19,24)(H,20,22). The van der Waals surface area contributed by atoms with Crippen LogP contribution in [0.1, 0.15) is 15.9 Å². The molecule has 4 aromatic rings. The molecular weight excluding hydrogens is 334 g/mol. The first-order valence-electron chi connectivity index (χ1n) is 7.76. The molecule has 0 unspecified atom stereocenters. The second-order valence-electron chi connectivity index (χ2n) is 5.40. The number of aromatic nitrogens is 4. The van der Waals surface area contributed by atoms with Gasteiger partial charge in [0.15, 0.2) is 0 Å². The van der Waals surface area contributed by atoms with Crippen molar-refractivity contribution in [1.29, 1.82) is 0 Å². The summed E-state index contributed by atoms with van der Waals surface area (Å²) in [7, 11) is 0. The second kappa shape index (κ2) is 6.74. The normalized spacial score (nSPS) is 10.7. The number of thiophene rings is 1. The van der Waals surface area contributed by atoms with E-state index in [1.807, 2.05) is 54.0 Å². The Morgan fingerprint density at radius 1 is 1.20 bits per heavy atom. The van der Waals surface area contributed by atoms with Gasteiger partial charge in [-0.2, -0.15) is 10.2 Å². The molecule has 0 saturated heterocycles. The lowest BCUT2D eigenvalue weighted by Crippen LogP contribution is -2.23. The first-order chi connectivity index (χ1) is 12.3. The molecule has 0 aliphatic heterocycles. The number of carbonyl (C=O) groups excluding carboxylic acids is 1. The van der Waals surface area contributed by atoms with E-state index in [-0.39, 0.29) is 5.91 Å². The molecule has 0 spiro atoms. The molecular formula is C18H15N5OS. The average molecular weight is 349 g/mol. The van der Waals surface area contributed by atoms with Gasteiger partial charge >= 0.3 is 0 Å². The van der Waals surface area contributed by atoms with Crippen molar-refractivity contribution in [3.8, 4) is 16.3 Å². The second-order valence-corrected chi connectivity index (χ2v) is 6.35. The van der Waals surface area contributed by atoms with Crippen LogP contribution in [-0.4, -0.2) is 25.9 Å². The van der Waals surface area contributed by atoms with Gasteiger partial charge in [-0.15, -0.1) is 11.3 Å². The highest BCUT2D eigenvalue weighted by Crippen LogP contribution is 2.25. The largest absolute Gasteiger partial charge is 0.348 e. The third kappa shape index (κ3) is 3.09. The van der Waals surface area contributed by atoms with E-state index in [1.165, 1.54) is 0 Å². The van der Waals surface area contributed by atoms with Gasteiger partial charge in [-0.1, -0.05) is 24.3 Å². The van der Waals surface area contributed by atoms with Gasteiger partial charge in [-0.05, 0) is 29.1 Å². The quantitative estimate of drug-likeness (QED) is 0.581. The van der Waals surface area contributed by atoms with Crippen LogP contribution in [0.2, 0.25) is 0 Å². The number of hydrogen-bond donors (Lipinski definition) is 2. The molecule has 4 rings (SSSR count). The maximum atomic E-state index is 12.6. The molecule has 1 aromatic carbocycles. The molecule has 124 valence electrons. The number of para-hydroxylation sites is 1. The third-order valence-corrected chi connectivity index (χ3v) is 4.72. The highest BCUT2D eigenvalue weighted by atomic mass is 32.1. The van der Waals surface area contributed by atoms with Crippen LogP contribution in [0.25, 0.3) is 16.3 Å². The molecule has 1 amide bonds. The van der Waals surface area contributed by atoms with Gasteiger partial charge in [-0.3, -0.25) is 9.89 Å². The fourth-order valence-corrected chi connectivity index (χ4v) is 3.37. The minimum Gasteiger partial charge on any atom is -0.348 e. The zero-order valence-corrected chi connectivity index (χ0v) is 14.0. The molecule has 0 fully saturated rings. The first kappa shape index (κ1) is 15.3. The van der Waals surface area contributed by atoms with Gasteiger partial charge in [0.2, 0.25) is 0 Å². The van der Waals surface area contributed by atoms with Crippen molar-refractivity contribution in [2.75, 3.05) is 0 Å². The van der Waals surface area contributed by atoms with Crippen molar-refractivity contribution >= 4 is 17.2 Å². The van der Waals surface area contributed by atoms with Crippen molar-refractivity contribution < 1.29 is 4.79 Å². The summed E-state index contributed by atoms with van der Waals surface area (Å²) in [5.74, 6) is -0.160. The number of aromatic amines is 1. The molecule has 25 heavy (non-hydrogen) atoms. The lowest BCUT2D eigenvalue weighted by Gasteiger charge is -2.10. The minimum absolute atomic E-state index is 0.160. The van der Waals surface area contributed by atoms with Gasteiger partial charge < -0.3 is 5.32 Å². The Balaban J connectivity index is 1.54. The summed E-state index contributed by atoms with van der Waals surface area (Å²) in [5.41, 5.74) is 3.21. The molecule has 6 nitrogen and oxygen atoms in total. The van der Waals surface area contributed by atoms with Crippen LogP contribution in [0, 0.1) is 0 Å². The summed E-state index contributed by atoms with van der Waals surface area (Å²) in [5, 5.41) is 16.1. The van der Waals surface area contributed by atoms with Gasteiger partial charge in [0.05, 0.1) is 28.0 Å². The van der Waals surface area contributed by atoms with Crippen molar-refractivity contribution in [3.05, 3.63) is 77.6 Å². The number of hydrogen-bond acceptors (Lipinski definition) is 4. The van der Waals surface area contributed by atoms with Crippen molar-refractivity contribution in [2.45, 2.75) is 6.54 Å². The highest BCUT2D eigenvalue weighted by molar-refractivity contribution is 7.13. The van der Waals surface area contributed by atoms with Crippen molar-refractivity contribution in [2.24, 2.45) is 0 Å². The predicted molar refractivity (Wildman–Crippen MR) is 96.6 cm³/mol. The van der Waals surface area contributed by atoms with E-state index in [2.05, 4.69) is 20.6 Å². The maximum Gasteiger partial charge on any atom is 0.255 e. The Bertz CT molecular complexity index is 973. The molecule has 3 heterocycles. The summed E-state index contributed by atoms with van der Waals surface area (Å²) in [6, 6.07) is 13.6. The van der Waals surface area contributed by atoms with E-state index >= 15 is 0 Å². The Labute approximate surface area is 148 Å². The molecule has 0 aliphatic rings. The van der Waals surface area contributed by atoms with Gasteiger partial charge in [-0.25, -0.2) is 4.68 Å². The number of carbonyl (C=O) groups is 1. The minimum atomic E-state index is -0.160. The van der Waals surface area contributed by atoms with E-state index in [4.69, 9.17) is 0 Å². The monoisotopic (exact) mass is 349 g/mol. The molecule has 0 saturated carbocycles. The van der Waals surface area contributed by atoms with E-state index in [0.29, 0.717) is 12.1 Å². The molecule has 0 aliphatic carbocycles. The number of rotatable bonds is 5. The number of nitrogens with one attached hydrogen (secondary N) is 2. The maximum absolute atomic E-state index is 12.6. The van der Waals surface area contributed by atoms with Crippen LogP contribution < -0.4 is 5.32 Å². The average Bonchev–Trinajstić information content (AvgIpc) is 3.41. The molecule has 3 aromatic heterocycles. The molecule has 0 radical (unpaired) electrons. The summed E-state index contributed by atoms with van der Waals surface area (Å²) in [6.07, 6.45) is 5.17. The third-order valence-electron chi connectivity index (χ3n) is 3.83. The smallest absolute Gasteiger partial charge is 0.255 e. The number of benzene rings is 1. The number of nitrogens with zero attached hydrogens (tertiary/aromatic N) is 3. The van der Waals surface area contributed by atoms with Crippen LogP contribution in [0.4, 0.5) is 0 Å².